The van der Waals surface area contributed by atoms with Gasteiger partial charge in [0.1, 0.15) is 5.82 Å². The zero-order chi connectivity index (χ0) is 13.9. The summed E-state index contributed by atoms with van der Waals surface area (Å²) in [5, 5.41) is 10.4. The number of pyridine rings is 1. The van der Waals surface area contributed by atoms with Crippen LogP contribution in [0.25, 0.3) is 0 Å². The maximum absolute atomic E-state index is 13.4. The summed E-state index contributed by atoms with van der Waals surface area (Å²) in [6.45, 7) is 0. The summed E-state index contributed by atoms with van der Waals surface area (Å²) in [5.74, 6) is -3.29. The number of carbonyl (C=O) groups excluding carboxylic acids is 1. The van der Waals surface area contributed by atoms with E-state index in [1.54, 1.807) is 0 Å². The third-order valence-corrected chi connectivity index (χ3v) is 2.03. The maximum Gasteiger partial charge on any atom is 0.366 e. The molecular formula is C9H7F3N2O4. The van der Waals surface area contributed by atoms with Crippen molar-refractivity contribution in [2.24, 2.45) is 0 Å². The molecule has 1 rings (SSSR count). The number of nitrogens with zero attached hydrogens (tertiary/aromatic N) is 2. The molecule has 0 bridgehead atoms. The van der Waals surface area contributed by atoms with Gasteiger partial charge in [-0.25, -0.2) is 13.2 Å². The average molecular weight is 264 g/mol. The SMILES string of the molecule is COC(=O)Cc1c(F)cc([N+](=O)[O-])nc1C(F)F. The quantitative estimate of drug-likeness (QED) is 0.470. The first-order chi connectivity index (χ1) is 8.36. The standard InChI is InChI=1S/C9H7F3N2O4/c1-18-7(15)2-4-5(10)3-6(14(16)17)13-8(4)9(11)12/h3,9H,2H2,1H3. The van der Waals surface area contributed by atoms with Crippen LogP contribution < -0.4 is 0 Å². The molecule has 0 atom stereocenters. The number of halogens is 3. The van der Waals surface area contributed by atoms with Gasteiger partial charge in [0.15, 0.2) is 0 Å². The minimum Gasteiger partial charge on any atom is -0.469 e. The smallest absolute Gasteiger partial charge is 0.366 e. The summed E-state index contributed by atoms with van der Waals surface area (Å²) in [7, 11) is 1.00. The zero-order valence-corrected chi connectivity index (χ0v) is 9.02. The van der Waals surface area contributed by atoms with Crippen LogP contribution in [0, 0.1) is 15.9 Å². The number of hydrogen-bond donors (Lipinski definition) is 0. The van der Waals surface area contributed by atoms with E-state index in [0.29, 0.717) is 6.07 Å². The molecule has 9 heteroatoms. The van der Waals surface area contributed by atoms with Gasteiger partial charge in [0.05, 0.1) is 25.2 Å². The number of carbonyl (C=O) groups is 1. The lowest BCUT2D eigenvalue weighted by atomic mass is 10.1. The van der Waals surface area contributed by atoms with E-state index < -0.39 is 46.6 Å². The van der Waals surface area contributed by atoms with E-state index in [1.165, 1.54) is 0 Å². The Labute approximate surface area is 98.5 Å². The van der Waals surface area contributed by atoms with E-state index in [1.807, 2.05) is 0 Å². The second-order valence-corrected chi connectivity index (χ2v) is 3.14. The lowest BCUT2D eigenvalue weighted by Crippen LogP contribution is -2.12. The minimum atomic E-state index is -3.24. The van der Waals surface area contributed by atoms with Gasteiger partial charge in [0.25, 0.3) is 0 Å². The van der Waals surface area contributed by atoms with Gasteiger partial charge in [0, 0.05) is 0 Å². The molecular weight excluding hydrogens is 257 g/mol. The van der Waals surface area contributed by atoms with Crippen molar-refractivity contribution in [3.8, 4) is 0 Å². The molecule has 0 saturated carbocycles. The number of nitro groups is 1. The molecule has 0 unspecified atom stereocenters. The van der Waals surface area contributed by atoms with Crippen molar-refractivity contribution in [2.45, 2.75) is 12.8 Å². The first kappa shape index (κ1) is 13.9. The third-order valence-electron chi connectivity index (χ3n) is 2.03. The van der Waals surface area contributed by atoms with Crippen LogP contribution in [0.2, 0.25) is 0 Å². The van der Waals surface area contributed by atoms with E-state index in [0.717, 1.165) is 7.11 Å². The topological polar surface area (TPSA) is 82.3 Å². The second kappa shape index (κ2) is 5.43. The molecule has 0 saturated heterocycles. The predicted molar refractivity (Wildman–Crippen MR) is 51.5 cm³/mol. The van der Waals surface area contributed by atoms with Crippen LogP contribution in [0.1, 0.15) is 17.7 Å². The molecule has 0 aliphatic carbocycles. The molecule has 1 heterocycles. The van der Waals surface area contributed by atoms with Crippen LogP contribution in [-0.2, 0) is 16.0 Å². The molecule has 98 valence electrons. The van der Waals surface area contributed by atoms with Crippen molar-refractivity contribution in [1.82, 2.24) is 4.98 Å². The lowest BCUT2D eigenvalue weighted by molar-refractivity contribution is -0.390. The number of methoxy groups -OCH3 is 1. The van der Waals surface area contributed by atoms with Gasteiger partial charge in [-0.3, -0.25) is 4.79 Å². The van der Waals surface area contributed by atoms with Crippen molar-refractivity contribution >= 4 is 11.8 Å². The first-order valence-electron chi connectivity index (χ1n) is 4.55. The molecule has 0 radical (unpaired) electrons. The molecule has 18 heavy (non-hydrogen) atoms. The Morgan fingerprint density at radius 1 is 1.61 bits per heavy atom. The third kappa shape index (κ3) is 2.93. The van der Waals surface area contributed by atoms with Crippen molar-refractivity contribution in [3.05, 3.63) is 33.3 Å². The molecule has 0 fully saturated rings. The highest BCUT2D eigenvalue weighted by Crippen LogP contribution is 2.26. The summed E-state index contributed by atoms with van der Waals surface area (Å²) in [6, 6.07) is 0.379. The highest BCUT2D eigenvalue weighted by molar-refractivity contribution is 5.72. The van der Waals surface area contributed by atoms with Gasteiger partial charge in [-0.2, -0.15) is 0 Å². The molecule has 0 N–H and O–H groups in total. The average Bonchev–Trinajstić information content (AvgIpc) is 2.30. The summed E-state index contributed by atoms with van der Waals surface area (Å²) in [4.78, 5) is 23.2. The Bertz CT molecular complexity index is 493. The van der Waals surface area contributed by atoms with Gasteiger partial charge < -0.3 is 14.9 Å². The maximum atomic E-state index is 13.4. The second-order valence-electron chi connectivity index (χ2n) is 3.14. The number of ether oxygens (including phenoxy) is 1. The molecule has 0 aliphatic heterocycles. The van der Waals surface area contributed by atoms with Crippen LogP contribution in [0.15, 0.2) is 6.07 Å². The van der Waals surface area contributed by atoms with Crippen molar-refractivity contribution < 1.29 is 27.6 Å². The van der Waals surface area contributed by atoms with Gasteiger partial charge in [-0.15, -0.1) is 0 Å². The summed E-state index contributed by atoms with van der Waals surface area (Å²) in [5.41, 5.74) is -1.84. The van der Waals surface area contributed by atoms with Crippen molar-refractivity contribution in [2.75, 3.05) is 7.11 Å². The molecule has 0 amide bonds. The molecule has 0 aromatic carbocycles. The van der Waals surface area contributed by atoms with Crippen LogP contribution in [0.4, 0.5) is 19.0 Å². The molecule has 0 aliphatic rings. The fourth-order valence-corrected chi connectivity index (χ4v) is 1.21. The summed E-state index contributed by atoms with van der Waals surface area (Å²) < 4.78 is 42.9. The van der Waals surface area contributed by atoms with E-state index in [4.69, 9.17) is 0 Å². The lowest BCUT2D eigenvalue weighted by Gasteiger charge is -2.05. The Kier molecular flexibility index (Phi) is 4.18. The zero-order valence-electron chi connectivity index (χ0n) is 9.02. The monoisotopic (exact) mass is 264 g/mol. The summed E-state index contributed by atoms with van der Waals surface area (Å²) >= 11 is 0. The van der Waals surface area contributed by atoms with Gasteiger partial charge in [-0.1, -0.05) is 0 Å². The van der Waals surface area contributed by atoms with E-state index >= 15 is 0 Å². The van der Waals surface area contributed by atoms with E-state index in [2.05, 4.69) is 9.72 Å². The van der Waals surface area contributed by atoms with Gasteiger partial charge >= 0.3 is 18.2 Å². The number of rotatable bonds is 4. The normalized spacial score (nSPS) is 10.5. The highest BCUT2D eigenvalue weighted by atomic mass is 19.3. The fraction of sp³-hybridized carbons (Fsp3) is 0.333. The van der Waals surface area contributed by atoms with Crippen molar-refractivity contribution in [3.63, 3.8) is 0 Å². The fourth-order valence-electron chi connectivity index (χ4n) is 1.21. The predicted octanol–water partition coefficient (Wildman–Crippen LogP) is 1.78. The Balaban J connectivity index is 3.31. The number of hydrogen-bond acceptors (Lipinski definition) is 5. The Hall–Kier alpha value is -2.19. The number of esters is 1. The highest BCUT2D eigenvalue weighted by Gasteiger charge is 2.28. The molecule has 0 spiro atoms. The van der Waals surface area contributed by atoms with Crippen molar-refractivity contribution in [1.29, 1.82) is 0 Å². The minimum absolute atomic E-state index is 0.379. The molecule has 1 aromatic heterocycles. The van der Waals surface area contributed by atoms with E-state index in [-0.39, 0.29) is 0 Å². The van der Waals surface area contributed by atoms with Crippen LogP contribution in [-0.4, -0.2) is 23.0 Å². The Morgan fingerprint density at radius 3 is 2.67 bits per heavy atom. The van der Waals surface area contributed by atoms with Gasteiger partial charge in [0.2, 0.25) is 5.69 Å². The number of aromatic nitrogens is 1. The van der Waals surface area contributed by atoms with Gasteiger partial charge in [-0.05, 0) is 9.91 Å². The Morgan fingerprint density at radius 2 is 2.22 bits per heavy atom. The van der Waals surface area contributed by atoms with Crippen LogP contribution in [0.3, 0.4) is 0 Å². The first-order valence-corrected chi connectivity index (χ1v) is 4.55. The summed E-state index contributed by atoms with van der Waals surface area (Å²) in [6.07, 6.45) is -4.01. The van der Waals surface area contributed by atoms with Crippen LogP contribution >= 0.6 is 0 Å². The van der Waals surface area contributed by atoms with E-state index in [9.17, 15) is 28.1 Å². The largest absolute Gasteiger partial charge is 0.469 e. The number of alkyl halides is 2. The van der Waals surface area contributed by atoms with Crippen LogP contribution in [0.5, 0.6) is 0 Å². The molecule has 1 aromatic rings. The molecule has 6 nitrogen and oxygen atoms in total.